The maximum atomic E-state index is 6.33. The van der Waals surface area contributed by atoms with Crippen molar-refractivity contribution in [3.63, 3.8) is 0 Å². The van der Waals surface area contributed by atoms with E-state index in [2.05, 4.69) is 88.6 Å². The van der Waals surface area contributed by atoms with Gasteiger partial charge in [0.2, 0.25) is 0 Å². The van der Waals surface area contributed by atoms with Gasteiger partial charge in [0.1, 0.15) is 10.0 Å². The molecule has 4 nitrogen and oxygen atoms in total. The van der Waals surface area contributed by atoms with Crippen molar-refractivity contribution in [1.82, 2.24) is 9.97 Å². The molecule has 216 valence electrons. The highest BCUT2D eigenvalue weighted by Gasteiger charge is 2.32. The minimum Gasteiger partial charge on any atom is -0.381 e. The fourth-order valence-corrected chi connectivity index (χ4v) is 17.2. The van der Waals surface area contributed by atoms with Crippen LogP contribution in [-0.2, 0) is 9.47 Å². The van der Waals surface area contributed by atoms with Crippen molar-refractivity contribution in [3.05, 3.63) is 58.5 Å². The average Bonchev–Trinajstić information content (AvgIpc) is 3.57. The van der Waals surface area contributed by atoms with Gasteiger partial charge in [-0.1, -0.05) is 72.0 Å². The first-order chi connectivity index (χ1) is 19.4. The van der Waals surface area contributed by atoms with E-state index in [9.17, 15) is 0 Å². The van der Waals surface area contributed by atoms with E-state index in [0.717, 1.165) is 35.8 Å². The third-order valence-electron chi connectivity index (χ3n) is 6.44. The molecule has 12 heteroatoms. The number of hydrogen-bond acceptors (Lipinski definition) is 10. The highest BCUT2D eigenvalue weighted by molar-refractivity contribution is 9.26. The molecule has 0 saturated heterocycles. The molecule has 2 radical (unpaired) electrons. The quantitative estimate of drug-likeness (QED) is 0.0620. The molecule has 40 heavy (non-hydrogen) atoms. The Morgan fingerprint density at radius 3 is 1.43 bits per heavy atom. The highest BCUT2D eigenvalue weighted by atomic mass is 33.7. The van der Waals surface area contributed by atoms with E-state index in [4.69, 9.17) is 19.4 Å². The van der Waals surface area contributed by atoms with Gasteiger partial charge in [-0.2, -0.15) is 0 Å². The first-order valence-electron chi connectivity index (χ1n) is 13.5. The summed E-state index contributed by atoms with van der Waals surface area (Å²) < 4.78 is 15.2. The Morgan fingerprint density at radius 1 is 0.675 bits per heavy atom. The Balaban J connectivity index is 1.39. The summed E-state index contributed by atoms with van der Waals surface area (Å²) in [4.78, 5) is 10.1. The van der Waals surface area contributed by atoms with Gasteiger partial charge in [-0.3, -0.25) is 0 Å². The van der Waals surface area contributed by atoms with Gasteiger partial charge in [0.15, 0.2) is 0 Å². The molecule has 4 rings (SSSR count). The minimum atomic E-state index is -0.647. The van der Waals surface area contributed by atoms with Crippen molar-refractivity contribution in [2.24, 2.45) is 0 Å². The predicted octanol–water partition coefficient (Wildman–Crippen LogP) is 9.85. The van der Waals surface area contributed by atoms with Crippen LogP contribution in [0.3, 0.4) is 0 Å². The van der Waals surface area contributed by atoms with Crippen LogP contribution in [0.2, 0.25) is 26.2 Å². The molecule has 4 unspecified atom stereocenters. The Kier molecular flexibility index (Phi) is 13.7. The molecular weight excluding hydrogens is 645 g/mol. The fraction of sp³-hybridized carbons (Fsp3) is 0.500. The summed E-state index contributed by atoms with van der Waals surface area (Å²) in [6.07, 6.45) is 0. The number of aromatic nitrogens is 2. The zero-order chi connectivity index (χ0) is 28.5. The first-order valence-corrected chi connectivity index (χ1v) is 25.5. The number of rotatable bonds is 17. The molecule has 0 aliphatic heterocycles. The van der Waals surface area contributed by atoms with Crippen LogP contribution in [0.1, 0.15) is 35.7 Å². The van der Waals surface area contributed by atoms with Crippen molar-refractivity contribution in [3.8, 4) is 0 Å². The van der Waals surface area contributed by atoms with Gasteiger partial charge in [-0.25, -0.2) is 9.97 Å². The average molecular weight is 683 g/mol. The molecule has 0 aliphatic carbocycles. The van der Waals surface area contributed by atoms with E-state index < -0.39 is 17.6 Å². The van der Waals surface area contributed by atoms with Crippen LogP contribution in [0, 0.1) is 0 Å². The number of benzene rings is 2. The summed E-state index contributed by atoms with van der Waals surface area (Å²) in [5, 5.41) is 2.43. The predicted molar refractivity (Wildman–Crippen MR) is 191 cm³/mol. The van der Waals surface area contributed by atoms with Gasteiger partial charge in [0.25, 0.3) is 0 Å². The SMILES string of the molecule is CCOC(C(CSSSSCC(c1nc2ccccc2s1)C(OCC)[Si](C)C)c1nc2ccccc2s1)[Si](C)C. The molecule has 0 spiro atoms. The second kappa shape index (κ2) is 16.7. The van der Waals surface area contributed by atoms with Crippen molar-refractivity contribution >= 4 is 102 Å². The van der Waals surface area contributed by atoms with Crippen LogP contribution in [0.5, 0.6) is 0 Å². The standard InChI is InChI=1S/C28H38N2O2S6Si2/c1-7-31-27(39(3)4)19(25-29-21-13-9-11-15-23(21)35-25)17-33-37-38-34-18-20(28(32-8-2)40(5)6)26-30-22-14-10-12-16-24(22)36-26/h9-16,19-20,27-28H,7-8,17-18H2,1-6H3. The van der Waals surface area contributed by atoms with Crippen LogP contribution < -0.4 is 0 Å². The molecule has 4 atom stereocenters. The summed E-state index contributed by atoms with van der Waals surface area (Å²) >= 11 is 3.67. The zero-order valence-electron chi connectivity index (χ0n) is 23.9. The van der Waals surface area contributed by atoms with Crippen LogP contribution in [0.15, 0.2) is 48.5 Å². The third-order valence-corrected chi connectivity index (χ3v) is 18.7. The largest absolute Gasteiger partial charge is 0.381 e. The van der Waals surface area contributed by atoms with Crippen molar-refractivity contribution in [1.29, 1.82) is 0 Å². The third kappa shape index (κ3) is 8.76. The van der Waals surface area contributed by atoms with Crippen LogP contribution in [0.25, 0.3) is 20.4 Å². The lowest BCUT2D eigenvalue weighted by Crippen LogP contribution is -2.35. The molecule has 0 saturated carbocycles. The first kappa shape index (κ1) is 32.9. The number of hydrogen-bond donors (Lipinski definition) is 0. The number of fused-ring (bicyclic) bond motifs is 2. The van der Waals surface area contributed by atoms with Gasteiger partial charge < -0.3 is 9.47 Å². The molecule has 0 N–H and O–H groups in total. The zero-order valence-corrected chi connectivity index (χ0v) is 30.8. The second-order valence-corrected chi connectivity index (χ2v) is 23.5. The van der Waals surface area contributed by atoms with E-state index >= 15 is 0 Å². The number of thiazole rings is 2. The lowest BCUT2D eigenvalue weighted by Gasteiger charge is -2.28. The van der Waals surface area contributed by atoms with E-state index in [-0.39, 0.29) is 11.5 Å². The maximum Gasteiger partial charge on any atom is 0.100 e. The fourth-order valence-electron chi connectivity index (χ4n) is 4.64. The Labute approximate surface area is 266 Å². The maximum absolute atomic E-state index is 6.33. The molecule has 0 fully saturated rings. The Hall–Kier alpha value is -0.0262. The number of ether oxygens (including phenoxy) is 2. The summed E-state index contributed by atoms with van der Waals surface area (Å²) in [6, 6.07) is 17.0. The number of para-hydroxylation sites is 2. The summed E-state index contributed by atoms with van der Waals surface area (Å²) in [7, 11) is 6.35. The lowest BCUT2D eigenvalue weighted by molar-refractivity contribution is 0.0998. The molecule has 2 aromatic carbocycles. The van der Waals surface area contributed by atoms with Crippen LogP contribution in [0.4, 0.5) is 0 Å². The normalized spacial score (nSPS) is 15.3. The summed E-state index contributed by atoms with van der Waals surface area (Å²) in [5.74, 6) is 2.62. The van der Waals surface area contributed by atoms with Gasteiger partial charge in [0.05, 0.1) is 49.5 Å². The lowest BCUT2D eigenvalue weighted by atomic mass is 10.2. The minimum absolute atomic E-state index is 0.256. The van der Waals surface area contributed by atoms with E-state index in [0.29, 0.717) is 11.8 Å². The molecule has 0 aliphatic rings. The van der Waals surface area contributed by atoms with Crippen LogP contribution >= 0.6 is 63.9 Å². The summed E-state index contributed by atoms with van der Waals surface area (Å²) in [5.41, 5.74) is 2.71. The molecule has 2 heterocycles. The van der Waals surface area contributed by atoms with Gasteiger partial charge in [-0.15, -0.1) is 22.7 Å². The monoisotopic (exact) mass is 682 g/mol. The topological polar surface area (TPSA) is 44.2 Å². The van der Waals surface area contributed by atoms with E-state index in [1.54, 1.807) is 0 Å². The molecular formula is C28H38N2O2S6Si2. The molecule has 0 bridgehead atoms. The van der Waals surface area contributed by atoms with Crippen LogP contribution in [-0.4, -0.2) is 63.7 Å². The van der Waals surface area contributed by atoms with E-state index in [1.807, 2.05) is 63.9 Å². The van der Waals surface area contributed by atoms with Gasteiger partial charge >= 0.3 is 0 Å². The van der Waals surface area contributed by atoms with Gasteiger partial charge in [-0.05, 0) is 57.8 Å². The highest BCUT2D eigenvalue weighted by Crippen LogP contribution is 2.48. The molecule has 0 amide bonds. The second-order valence-electron chi connectivity index (χ2n) is 9.86. The van der Waals surface area contributed by atoms with Crippen molar-refractivity contribution < 1.29 is 9.47 Å². The van der Waals surface area contributed by atoms with Crippen molar-refractivity contribution in [2.45, 2.75) is 63.3 Å². The molecule has 2 aromatic heterocycles. The van der Waals surface area contributed by atoms with Gasteiger partial charge in [0, 0.05) is 36.6 Å². The van der Waals surface area contributed by atoms with E-state index in [1.165, 1.54) is 19.4 Å². The Bertz CT molecular complexity index is 1150. The Morgan fingerprint density at radius 2 is 1.07 bits per heavy atom. The number of nitrogens with zero attached hydrogens (tertiary/aromatic N) is 2. The smallest absolute Gasteiger partial charge is 0.100 e. The van der Waals surface area contributed by atoms with Crippen molar-refractivity contribution in [2.75, 3.05) is 24.7 Å². The molecule has 4 aromatic rings. The summed E-state index contributed by atoms with van der Waals surface area (Å²) in [6.45, 7) is 15.2.